The maximum Gasteiger partial charge on any atom is 0.364 e. The van der Waals surface area contributed by atoms with Gasteiger partial charge in [0.1, 0.15) is 11.6 Å². The highest BCUT2D eigenvalue weighted by atomic mass is 19.3. The first-order valence-electron chi connectivity index (χ1n) is 3.84. The zero-order chi connectivity index (χ0) is 12.3. The molecule has 0 spiro atoms. The third kappa shape index (κ3) is 1.98. The number of halogens is 2. The van der Waals surface area contributed by atoms with Gasteiger partial charge < -0.3 is 10.1 Å². The Morgan fingerprint density at radius 2 is 2.25 bits per heavy atom. The van der Waals surface area contributed by atoms with E-state index in [2.05, 4.69) is 4.98 Å². The van der Waals surface area contributed by atoms with Gasteiger partial charge in [-0.25, -0.2) is 8.78 Å². The molecule has 0 fully saturated rings. The van der Waals surface area contributed by atoms with E-state index >= 15 is 0 Å². The van der Waals surface area contributed by atoms with E-state index in [1.54, 1.807) is 0 Å². The van der Waals surface area contributed by atoms with Crippen molar-refractivity contribution in [3.05, 3.63) is 33.0 Å². The molecule has 0 bridgehead atoms. The lowest BCUT2D eigenvalue weighted by Crippen LogP contribution is -2.04. The lowest BCUT2D eigenvalue weighted by atomic mass is 10.1. The van der Waals surface area contributed by atoms with Crippen LogP contribution < -0.4 is 0 Å². The summed E-state index contributed by atoms with van der Waals surface area (Å²) >= 11 is 0. The van der Waals surface area contributed by atoms with Crippen molar-refractivity contribution in [1.82, 2.24) is 4.98 Å². The Balaban J connectivity index is 3.57. The number of hydrogen-bond acceptors (Lipinski definition) is 5. The van der Waals surface area contributed by atoms with Crippen LogP contribution in [0.15, 0.2) is 6.07 Å². The third-order valence-corrected chi connectivity index (χ3v) is 1.70. The number of carbonyl (C=O) groups excluding carboxylic acids is 1. The van der Waals surface area contributed by atoms with Gasteiger partial charge in [-0.3, -0.25) is 4.79 Å². The van der Waals surface area contributed by atoms with Crippen molar-refractivity contribution in [2.24, 2.45) is 0 Å². The summed E-state index contributed by atoms with van der Waals surface area (Å²) < 4.78 is 24.8. The van der Waals surface area contributed by atoms with Crippen LogP contribution in [0.5, 0.6) is 0 Å². The average Bonchev–Trinajstić information content (AvgIpc) is 2.26. The Kier molecular flexibility index (Phi) is 3.20. The molecule has 1 aromatic heterocycles. The topological polar surface area (TPSA) is 96.9 Å². The van der Waals surface area contributed by atoms with E-state index < -0.39 is 34.0 Å². The molecule has 1 rings (SSSR count). The normalized spacial score (nSPS) is 9.88. The summed E-state index contributed by atoms with van der Waals surface area (Å²) in [5.41, 5.74) is -2.17. The van der Waals surface area contributed by atoms with E-state index in [0.717, 1.165) is 0 Å². The molecule has 0 atom stereocenters. The van der Waals surface area contributed by atoms with Gasteiger partial charge >= 0.3 is 12.2 Å². The fourth-order valence-corrected chi connectivity index (χ4v) is 1.04. The van der Waals surface area contributed by atoms with Crippen LogP contribution in [0.25, 0.3) is 0 Å². The molecule has 6 nitrogen and oxygen atoms in total. The maximum atomic E-state index is 12.4. The van der Waals surface area contributed by atoms with Crippen LogP contribution in [0, 0.1) is 21.4 Å². The Hall–Kier alpha value is -2.43. The minimum Gasteiger partial charge on any atom is -0.358 e. The average molecular weight is 227 g/mol. The molecule has 82 valence electrons. The number of carbonyl (C=O) groups is 1. The van der Waals surface area contributed by atoms with E-state index in [-0.39, 0.29) is 6.29 Å². The van der Waals surface area contributed by atoms with Crippen molar-refractivity contribution in [3.63, 3.8) is 0 Å². The van der Waals surface area contributed by atoms with Gasteiger partial charge in [0.25, 0.3) is 0 Å². The molecular formula is C8H3F2N3O3. The van der Waals surface area contributed by atoms with Gasteiger partial charge in [0.05, 0.1) is 0 Å². The second kappa shape index (κ2) is 4.39. The molecule has 0 unspecified atom stereocenters. The molecule has 0 saturated heterocycles. The van der Waals surface area contributed by atoms with E-state index in [1.807, 2.05) is 0 Å². The van der Waals surface area contributed by atoms with Gasteiger partial charge in [-0.05, 0) is 9.91 Å². The molecule has 16 heavy (non-hydrogen) atoms. The molecule has 0 aliphatic heterocycles. The second-order valence-electron chi connectivity index (χ2n) is 2.62. The van der Waals surface area contributed by atoms with Crippen LogP contribution in [-0.4, -0.2) is 16.2 Å². The summed E-state index contributed by atoms with van der Waals surface area (Å²) in [6.07, 6.45) is -3.06. The van der Waals surface area contributed by atoms with Crippen LogP contribution in [-0.2, 0) is 0 Å². The maximum absolute atomic E-state index is 12.4. The summed E-state index contributed by atoms with van der Waals surface area (Å²) in [6.45, 7) is 0. The van der Waals surface area contributed by atoms with Gasteiger partial charge in [-0.1, -0.05) is 0 Å². The van der Waals surface area contributed by atoms with Gasteiger partial charge in [0.15, 0.2) is 6.29 Å². The molecule has 1 heterocycles. The number of nitro groups is 1. The van der Waals surface area contributed by atoms with Crippen LogP contribution in [0.1, 0.15) is 28.0 Å². The highest BCUT2D eigenvalue weighted by Gasteiger charge is 2.27. The first kappa shape index (κ1) is 11.6. The zero-order valence-corrected chi connectivity index (χ0v) is 7.55. The predicted molar refractivity (Wildman–Crippen MR) is 46.0 cm³/mol. The number of alkyl halides is 2. The van der Waals surface area contributed by atoms with E-state index in [0.29, 0.717) is 6.07 Å². The third-order valence-electron chi connectivity index (χ3n) is 1.70. The first-order valence-corrected chi connectivity index (χ1v) is 3.84. The molecule has 0 saturated carbocycles. The smallest absolute Gasteiger partial charge is 0.358 e. The summed E-state index contributed by atoms with van der Waals surface area (Å²) in [6, 6.07) is 2.04. The molecule has 0 N–H and O–H groups in total. The highest BCUT2D eigenvalue weighted by Crippen LogP contribution is 2.25. The molecule has 0 aliphatic carbocycles. The predicted octanol–water partition coefficient (Wildman–Crippen LogP) is 1.61. The Morgan fingerprint density at radius 3 is 2.62 bits per heavy atom. The number of aldehydes is 1. The van der Waals surface area contributed by atoms with Gasteiger partial charge in [0, 0.05) is 11.6 Å². The van der Waals surface area contributed by atoms with Crippen molar-refractivity contribution in [2.45, 2.75) is 6.43 Å². The van der Waals surface area contributed by atoms with Crippen LogP contribution in [0.2, 0.25) is 0 Å². The number of aromatic nitrogens is 1. The van der Waals surface area contributed by atoms with Crippen molar-refractivity contribution < 1.29 is 18.5 Å². The van der Waals surface area contributed by atoms with Crippen molar-refractivity contribution in [1.29, 1.82) is 5.26 Å². The summed E-state index contributed by atoms with van der Waals surface area (Å²) in [7, 11) is 0. The van der Waals surface area contributed by atoms with Gasteiger partial charge in [-0.2, -0.15) is 5.26 Å². The fraction of sp³-hybridized carbons (Fsp3) is 0.125. The fourth-order valence-electron chi connectivity index (χ4n) is 1.04. The number of nitriles is 1. The number of hydrogen-bond donors (Lipinski definition) is 0. The van der Waals surface area contributed by atoms with Crippen LogP contribution >= 0.6 is 0 Å². The molecule has 1 aromatic rings. The largest absolute Gasteiger partial charge is 0.364 e. The van der Waals surface area contributed by atoms with Crippen molar-refractivity contribution in [3.8, 4) is 6.07 Å². The van der Waals surface area contributed by atoms with Gasteiger partial charge in [-0.15, -0.1) is 0 Å². The zero-order valence-electron chi connectivity index (χ0n) is 7.55. The Morgan fingerprint density at radius 1 is 1.62 bits per heavy atom. The molecule has 8 heteroatoms. The number of pyridine rings is 1. The lowest BCUT2D eigenvalue weighted by molar-refractivity contribution is -0.389. The monoisotopic (exact) mass is 227 g/mol. The number of nitrogens with zero attached hydrogens (tertiary/aromatic N) is 3. The summed E-state index contributed by atoms with van der Waals surface area (Å²) in [5, 5.41) is 18.9. The summed E-state index contributed by atoms with van der Waals surface area (Å²) in [4.78, 5) is 22.8. The molecule has 0 radical (unpaired) electrons. The SMILES string of the molecule is N#Cc1c(C=O)cc([N+](=O)[O-])nc1C(F)F. The van der Waals surface area contributed by atoms with E-state index in [9.17, 15) is 23.7 Å². The standard InChI is InChI=1S/C8H3F2N3O3/c9-8(10)7-5(2-11)4(3-14)1-6(12-7)13(15)16/h1,3,8H. The molecule has 0 aromatic carbocycles. The van der Waals surface area contributed by atoms with Gasteiger partial charge in [0.2, 0.25) is 5.69 Å². The van der Waals surface area contributed by atoms with E-state index in [4.69, 9.17) is 5.26 Å². The second-order valence-corrected chi connectivity index (χ2v) is 2.62. The van der Waals surface area contributed by atoms with Crippen LogP contribution in [0.4, 0.5) is 14.6 Å². The first-order chi connectivity index (χ1) is 7.51. The van der Waals surface area contributed by atoms with Crippen molar-refractivity contribution >= 4 is 12.1 Å². The van der Waals surface area contributed by atoms with Crippen molar-refractivity contribution in [2.75, 3.05) is 0 Å². The molecule has 0 amide bonds. The minimum absolute atomic E-state index is 0.0963. The van der Waals surface area contributed by atoms with E-state index in [1.165, 1.54) is 6.07 Å². The highest BCUT2D eigenvalue weighted by molar-refractivity contribution is 5.80. The number of rotatable bonds is 3. The molecule has 0 aliphatic rings. The summed E-state index contributed by atoms with van der Waals surface area (Å²) in [5.74, 6) is -0.892. The Labute approximate surface area is 87.3 Å². The quantitative estimate of drug-likeness (QED) is 0.443. The minimum atomic E-state index is -3.16. The Bertz CT molecular complexity index is 496. The lowest BCUT2D eigenvalue weighted by Gasteiger charge is -2.00. The van der Waals surface area contributed by atoms with Crippen LogP contribution in [0.3, 0.4) is 0 Å². The molecular weight excluding hydrogens is 224 g/mol.